The van der Waals surface area contributed by atoms with Crippen molar-refractivity contribution in [1.29, 1.82) is 0 Å². The van der Waals surface area contributed by atoms with E-state index in [-0.39, 0.29) is 35.4 Å². The lowest BCUT2D eigenvalue weighted by Gasteiger charge is -2.16. The average Bonchev–Trinajstić information content (AvgIpc) is 3.47. The van der Waals surface area contributed by atoms with E-state index in [1.165, 1.54) is 51.0 Å². The number of aromatic nitrogens is 1. The van der Waals surface area contributed by atoms with Crippen molar-refractivity contribution >= 4 is 39.6 Å². The molecule has 0 saturated carbocycles. The van der Waals surface area contributed by atoms with Crippen molar-refractivity contribution in [3.63, 3.8) is 0 Å². The van der Waals surface area contributed by atoms with Gasteiger partial charge in [-0.3, -0.25) is 4.79 Å². The minimum atomic E-state index is -3.62. The predicted octanol–water partition coefficient (Wildman–Crippen LogP) is 0.946. The smallest absolute Gasteiger partial charge is 0.354 e. The van der Waals surface area contributed by atoms with Crippen LogP contribution in [0.1, 0.15) is 29.8 Å². The summed E-state index contributed by atoms with van der Waals surface area (Å²) >= 11 is 1.25. The van der Waals surface area contributed by atoms with Gasteiger partial charge < -0.3 is 18.9 Å². The molecule has 3 rings (SSSR count). The van der Waals surface area contributed by atoms with Crippen LogP contribution >= 0.6 is 11.8 Å². The van der Waals surface area contributed by atoms with Crippen molar-refractivity contribution in [2.45, 2.75) is 24.2 Å². The van der Waals surface area contributed by atoms with Crippen molar-refractivity contribution in [3.05, 3.63) is 29.1 Å². The fourth-order valence-corrected chi connectivity index (χ4v) is 5.89. The summed E-state index contributed by atoms with van der Waals surface area (Å²) in [6.07, 6.45) is 4.69. The number of carbonyl (C=O) groups excluding carboxylic acids is 3. The lowest BCUT2D eigenvalue weighted by atomic mass is 10.4. The zero-order valence-electron chi connectivity index (χ0n) is 17.4. The summed E-state index contributed by atoms with van der Waals surface area (Å²) < 4.78 is 38.1. The molecule has 0 aromatic carbocycles. The summed E-state index contributed by atoms with van der Waals surface area (Å²) in [6, 6.07) is 1.33. The van der Waals surface area contributed by atoms with E-state index in [1.807, 2.05) is 0 Å². The fraction of sp³-hybridized carbons (Fsp3) is 0.526. The Morgan fingerprint density at radius 3 is 2.65 bits per heavy atom. The van der Waals surface area contributed by atoms with Gasteiger partial charge in [0.05, 0.1) is 30.6 Å². The van der Waals surface area contributed by atoms with Gasteiger partial charge in [-0.05, 0) is 25.3 Å². The molecule has 170 valence electrons. The lowest BCUT2D eigenvalue weighted by Crippen LogP contribution is -2.27. The maximum atomic E-state index is 12.7. The Hall–Kier alpha value is -2.31. The zero-order chi connectivity index (χ0) is 22.6. The van der Waals surface area contributed by atoms with Gasteiger partial charge in [0.15, 0.2) is 0 Å². The Morgan fingerprint density at radius 1 is 1.26 bits per heavy atom. The van der Waals surface area contributed by atoms with Crippen LogP contribution in [0.25, 0.3) is 0 Å². The fourth-order valence-electron chi connectivity index (χ4n) is 3.35. The van der Waals surface area contributed by atoms with Gasteiger partial charge in [0.2, 0.25) is 15.9 Å². The van der Waals surface area contributed by atoms with Gasteiger partial charge in [0.25, 0.3) is 0 Å². The number of methoxy groups -OCH3 is 1. The highest BCUT2D eigenvalue weighted by Crippen LogP contribution is 2.29. The van der Waals surface area contributed by atoms with E-state index in [0.717, 1.165) is 12.8 Å². The van der Waals surface area contributed by atoms with Gasteiger partial charge in [-0.1, -0.05) is 11.8 Å². The molecular weight excluding hydrogens is 446 g/mol. The number of nitrogens with zero attached hydrogens (tertiary/aromatic N) is 3. The number of carbonyl (C=O) groups is 3. The molecule has 0 atom stereocenters. The van der Waals surface area contributed by atoms with Gasteiger partial charge in [0, 0.05) is 32.9 Å². The van der Waals surface area contributed by atoms with Crippen LogP contribution in [0.3, 0.4) is 0 Å². The van der Waals surface area contributed by atoms with Gasteiger partial charge >= 0.3 is 11.9 Å². The van der Waals surface area contributed by atoms with E-state index >= 15 is 0 Å². The molecule has 10 nitrogen and oxygen atoms in total. The maximum absolute atomic E-state index is 12.7. The Balaban J connectivity index is 1.55. The summed E-state index contributed by atoms with van der Waals surface area (Å²) in [6.45, 7) is 1.29. The molecule has 0 unspecified atom stereocenters. The molecular formula is C19H25N3O7S2. The van der Waals surface area contributed by atoms with Crippen LogP contribution in [0.5, 0.6) is 0 Å². The van der Waals surface area contributed by atoms with Crippen LogP contribution in [0.15, 0.2) is 28.3 Å². The van der Waals surface area contributed by atoms with Gasteiger partial charge in [-0.15, -0.1) is 0 Å². The van der Waals surface area contributed by atoms with Crippen molar-refractivity contribution in [3.8, 4) is 0 Å². The third-order valence-corrected chi connectivity index (χ3v) is 7.89. The van der Waals surface area contributed by atoms with Crippen molar-refractivity contribution in [1.82, 2.24) is 13.8 Å². The van der Waals surface area contributed by atoms with Crippen molar-refractivity contribution < 1.29 is 32.3 Å². The number of sulfonamides is 1. The van der Waals surface area contributed by atoms with Crippen molar-refractivity contribution in [2.75, 3.05) is 39.1 Å². The number of ether oxygens (including phenoxy) is 2. The summed E-state index contributed by atoms with van der Waals surface area (Å²) in [5.41, 5.74) is 0.136. The van der Waals surface area contributed by atoms with Gasteiger partial charge in [-0.2, -0.15) is 4.31 Å². The van der Waals surface area contributed by atoms with E-state index in [2.05, 4.69) is 4.74 Å². The number of rotatable bonds is 8. The Bertz CT molecular complexity index is 994. The number of esters is 2. The van der Waals surface area contributed by atoms with E-state index in [1.54, 1.807) is 7.05 Å². The predicted molar refractivity (Wildman–Crippen MR) is 113 cm³/mol. The first kappa shape index (κ1) is 23.4. The second kappa shape index (κ2) is 9.88. The molecule has 0 radical (unpaired) electrons. The second-order valence-electron chi connectivity index (χ2n) is 7.11. The van der Waals surface area contributed by atoms with Crippen LogP contribution in [-0.4, -0.2) is 79.1 Å². The number of aryl methyl sites for hydroxylation is 1. The normalized spacial score (nSPS) is 18.7. The molecule has 1 aromatic rings. The van der Waals surface area contributed by atoms with Gasteiger partial charge in [0.1, 0.15) is 10.6 Å². The van der Waals surface area contributed by atoms with Crippen molar-refractivity contribution in [2.24, 2.45) is 7.05 Å². The van der Waals surface area contributed by atoms with E-state index < -0.39 is 22.0 Å². The molecule has 31 heavy (non-hydrogen) atoms. The summed E-state index contributed by atoms with van der Waals surface area (Å²) in [5.74, 6) is -1.08. The van der Waals surface area contributed by atoms with E-state index in [0.29, 0.717) is 24.5 Å². The molecule has 0 N–H and O–H groups in total. The first-order valence-electron chi connectivity index (χ1n) is 9.80. The van der Waals surface area contributed by atoms with Gasteiger partial charge in [-0.25, -0.2) is 18.0 Å². The number of hydrogen-bond acceptors (Lipinski definition) is 8. The molecule has 1 amide bonds. The monoisotopic (exact) mass is 471 g/mol. The second-order valence-corrected chi connectivity index (χ2v) is 10.0. The first-order chi connectivity index (χ1) is 14.7. The molecule has 0 spiro atoms. The highest BCUT2D eigenvalue weighted by molar-refractivity contribution is 8.04. The molecule has 2 fully saturated rings. The SMILES string of the molecule is COC(=O)/C=C1/SCC(=O)N1CCCOC(=O)c1cc(S(=O)(=O)N2CCCC2)cn1C. The number of thioether (sulfide) groups is 1. The first-order valence-corrected chi connectivity index (χ1v) is 12.2. The Kier molecular flexibility index (Phi) is 7.44. The minimum Gasteiger partial charge on any atom is -0.466 e. The topological polar surface area (TPSA) is 115 Å². The zero-order valence-corrected chi connectivity index (χ0v) is 19.0. The van der Waals surface area contributed by atoms with Crippen LogP contribution in [0.2, 0.25) is 0 Å². The third-order valence-electron chi connectivity index (χ3n) is 5.00. The molecule has 0 aliphatic carbocycles. The maximum Gasteiger partial charge on any atom is 0.354 e. The standard InChI is InChI=1S/C19H25N3O7S2/c1-20-12-14(31(26,27)21-6-3-4-7-21)10-15(20)19(25)29-9-5-8-22-16(23)13-30-17(22)11-18(24)28-2/h10-12H,3-9,13H2,1-2H3/b17-11+. The largest absolute Gasteiger partial charge is 0.466 e. The average molecular weight is 472 g/mol. The number of amides is 1. The molecule has 12 heteroatoms. The summed E-state index contributed by atoms with van der Waals surface area (Å²) in [7, 11) is -0.774. The quantitative estimate of drug-likeness (QED) is 0.313. The highest BCUT2D eigenvalue weighted by atomic mass is 32.2. The molecule has 2 aliphatic heterocycles. The lowest BCUT2D eigenvalue weighted by molar-refractivity contribution is -0.134. The molecule has 2 saturated heterocycles. The third kappa shape index (κ3) is 5.31. The Morgan fingerprint density at radius 2 is 1.97 bits per heavy atom. The molecule has 3 heterocycles. The van der Waals surface area contributed by atoms with Crippen LogP contribution in [-0.2, 0) is 36.1 Å². The minimum absolute atomic E-state index is 0.0399. The summed E-state index contributed by atoms with van der Waals surface area (Å²) in [4.78, 5) is 37.4. The number of hydrogen-bond donors (Lipinski definition) is 0. The highest BCUT2D eigenvalue weighted by Gasteiger charge is 2.30. The molecule has 0 bridgehead atoms. The van der Waals surface area contributed by atoms with Crippen LogP contribution in [0.4, 0.5) is 0 Å². The van der Waals surface area contributed by atoms with Crippen LogP contribution in [0, 0.1) is 0 Å². The Labute approximate surface area is 185 Å². The molecule has 1 aromatic heterocycles. The summed E-state index contributed by atoms with van der Waals surface area (Å²) in [5, 5.41) is 0.502. The van der Waals surface area contributed by atoms with E-state index in [4.69, 9.17) is 4.74 Å². The van der Waals surface area contributed by atoms with Crippen LogP contribution < -0.4 is 0 Å². The molecule has 2 aliphatic rings. The van der Waals surface area contributed by atoms with E-state index in [9.17, 15) is 22.8 Å².